The Labute approximate surface area is 373 Å². The Morgan fingerprint density at radius 3 is 2.00 bits per heavy atom. The number of benzene rings is 4. The molecule has 4 aromatic carbocycles. The number of aromatic amines is 1. The smallest absolute Gasteiger partial charge is 0.230 e. The Kier molecular flexibility index (Phi) is 15.9. The summed E-state index contributed by atoms with van der Waals surface area (Å²) in [4.78, 5) is 29.5. The summed E-state index contributed by atoms with van der Waals surface area (Å²) in [6.07, 6.45) is 6.20. The number of allylic oxidation sites excluding steroid dienone is 2. The van der Waals surface area contributed by atoms with Gasteiger partial charge >= 0.3 is 0 Å². The number of hydrogen-bond donors (Lipinski definition) is 3. The molecule has 0 fully saturated rings. The van der Waals surface area contributed by atoms with Gasteiger partial charge in [0.2, 0.25) is 11.3 Å². The monoisotopic (exact) mass is 884 g/mol. The number of hydrogen-bond acceptors (Lipinski definition) is 11. The lowest BCUT2D eigenvalue weighted by atomic mass is 9.91. The molecule has 0 aliphatic carbocycles. The van der Waals surface area contributed by atoms with Crippen molar-refractivity contribution in [2.24, 2.45) is 0 Å². The summed E-state index contributed by atoms with van der Waals surface area (Å²) < 4.78 is 69.5. The molecule has 7 aromatic rings. The second-order valence-electron chi connectivity index (χ2n) is 13.8. The minimum Gasteiger partial charge on any atom is -0.487 e. The lowest BCUT2D eigenvalue weighted by Crippen LogP contribution is -2.14. The van der Waals surface area contributed by atoms with Crippen LogP contribution in [0.25, 0.3) is 38.5 Å². The molecule has 12 nitrogen and oxygen atoms in total. The van der Waals surface area contributed by atoms with Crippen LogP contribution in [-0.4, -0.2) is 60.6 Å². The number of pyridine rings is 2. The molecule has 65 heavy (non-hydrogen) atoms. The fraction of sp³-hybridized carbons (Fsp3) is 0.160. The van der Waals surface area contributed by atoms with Gasteiger partial charge in [0.05, 0.1) is 35.0 Å². The zero-order chi connectivity index (χ0) is 46.5. The summed E-state index contributed by atoms with van der Waals surface area (Å²) in [6.45, 7) is 17.0. The predicted octanol–water partition coefficient (Wildman–Crippen LogP) is 10.8. The number of H-pyrrole nitrogens is 1. The average Bonchev–Trinajstić information content (AvgIpc) is 3.31. The van der Waals surface area contributed by atoms with Crippen molar-refractivity contribution in [3.05, 3.63) is 180 Å². The standard InChI is InChI=1S/C34H29F2N5O6.C14H12FN.C2H6/c1-43-11-13-45-29-16-23-27(17-30(29)46-14-12-44-2)39-19-40-34(23)47-28-8-7-22(15-25(28)36)41-33-31-26(9-10-37-33)38-18-24(32(31)42)20-3-5-21(35)6-4-20;1-9-10(2)14(8-16-11(9)3)12-4-6-13(15)7-5-12;1-2/h3-10,15-19H,11-14H2,1-2H3,(H,37,41)(H,38,42);4-8,16H,1-3H2;1-2H3. The largest absolute Gasteiger partial charge is 0.487 e. The molecule has 1 aliphatic heterocycles. The van der Waals surface area contributed by atoms with Crippen LogP contribution in [0.3, 0.4) is 0 Å². The highest BCUT2D eigenvalue weighted by atomic mass is 19.1. The minimum absolute atomic E-state index is 0.0971. The Hall–Kier alpha value is -7.75. The Balaban J connectivity index is 0.000000325. The fourth-order valence-electron chi connectivity index (χ4n) is 6.39. The molecule has 0 unspecified atom stereocenters. The third-order valence-corrected chi connectivity index (χ3v) is 9.71. The van der Waals surface area contributed by atoms with E-state index in [1.165, 1.54) is 61.1 Å². The van der Waals surface area contributed by atoms with E-state index < -0.39 is 11.6 Å². The van der Waals surface area contributed by atoms with Crippen LogP contribution in [0.2, 0.25) is 0 Å². The van der Waals surface area contributed by atoms with Gasteiger partial charge in [0.15, 0.2) is 23.1 Å². The van der Waals surface area contributed by atoms with E-state index in [-0.39, 0.29) is 40.7 Å². The van der Waals surface area contributed by atoms with Crippen molar-refractivity contribution in [1.29, 1.82) is 0 Å². The Morgan fingerprint density at radius 1 is 0.708 bits per heavy atom. The van der Waals surface area contributed by atoms with Gasteiger partial charge in [-0.05, 0) is 70.8 Å². The first-order chi connectivity index (χ1) is 31.5. The number of rotatable bonds is 14. The van der Waals surface area contributed by atoms with Gasteiger partial charge in [-0.2, -0.15) is 0 Å². The summed E-state index contributed by atoms with van der Waals surface area (Å²) in [5.41, 5.74) is 6.05. The molecule has 0 radical (unpaired) electrons. The molecule has 0 bridgehead atoms. The van der Waals surface area contributed by atoms with E-state index in [1.54, 1.807) is 56.8 Å². The van der Waals surface area contributed by atoms with Crippen LogP contribution in [0.1, 0.15) is 19.4 Å². The normalized spacial score (nSPS) is 12.0. The van der Waals surface area contributed by atoms with Crippen molar-refractivity contribution in [3.8, 4) is 34.3 Å². The second-order valence-corrected chi connectivity index (χ2v) is 13.8. The van der Waals surface area contributed by atoms with Crippen molar-refractivity contribution in [2.45, 2.75) is 13.8 Å². The number of halogens is 3. The lowest BCUT2D eigenvalue weighted by molar-refractivity contribution is 0.132. The molecule has 15 heteroatoms. The summed E-state index contributed by atoms with van der Waals surface area (Å²) in [6, 6.07) is 21.1. The highest BCUT2D eigenvalue weighted by molar-refractivity contribution is 5.93. The lowest BCUT2D eigenvalue weighted by Gasteiger charge is -2.21. The van der Waals surface area contributed by atoms with Gasteiger partial charge in [0, 0.05) is 67.5 Å². The maximum absolute atomic E-state index is 15.5. The molecule has 334 valence electrons. The van der Waals surface area contributed by atoms with Crippen molar-refractivity contribution < 1.29 is 36.9 Å². The third-order valence-electron chi connectivity index (χ3n) is 9.71. The van der Waals surface area contributed by atoms with Gasteiger partial charge in [-0.25, -0.2) is 28.1 Å². The van der Waals surface area contributed by atoms with Gasteiger partial charge in [-0.1, -0.05) is 57.8 Å². The maximum atomic E-state index is 15.5. The van der Waals surface area contributed by atoms with Gasteiger partial charge < -0.3 is 39.3 Å². The van der Waals surface area contributed by atoms with E-state index in [9.17, 15) is 13.6 Å². The Bertz CT molecular complexity index is 2920. The minimum atomic E-state index is -0.695. The van der Waals surface area contributed by atoms with Gasteiger partial charge in [-0.15, -0.1) is 0 Å². The zero-order valence-corrected chi connectivity index (χ0v) is 36.3. The number of nitrogens with zero attached hydrogens (tertiary/aromatic N) is 3. The highest BCUT2D eigenvalue weighted by Crippen LogP contribution is 2.38. The zero-order valence-electron chi connectivity index (χ0n) is 36.3. The van der Waals surface area contributed by atoms with Crippen molar-refractivity contribution in [2.75, 3.05) is 46.0 Å². The molecular weight excluding hydrogens is 838 g/mol. The number of fused-ring (bicyclic) bond motifs is 2. The molecule has 0 saturated heterocycles. The summed E-state index contributed by atoms with van der Waals surface area (Å²) >= 11 is 0. The fourth-order valence-corrected chi connectivity index (χ4v) is 6.39. The summed E-state index contributed by atoms with van der Waals surface area (Å²) in [5.74, 6) is -0.280. The topological polar surface area (TPSA) is 142 Å². The molecule has 0 atom stereocenters. The van der Waals surface area contributed by atoms with Crippen molar-refractivity contribution in [1.82, 2.24) is 25.3 Å². The van der Waals surface area contributed by atoms with Crippen LogP contribution in [0.4, 0.5) is 24.7 Å². The molecule has 3 N–H and O–H groups in total. The number of methoxy groups -OCH3 is 2. The van der Waals surface area contributed by atoms with Gasteiger partial charge in [0.25, 0.3) is 0 Å². The molecule has 3 aromatic heterocycles. The van der Waals surface area contributed by atoms with E-state index in [4.69, 9.17) is 23.7 Å². The van der Waals surface area contributed by atoms with Crippen LogP contribution >= 0.6 is 0 Å². The second kappa shape index (κ2) is 22.0. The average molecular weight is 885 g/mol. The van der Waals surface area contributed by atoms with Crippen LogP contribution in [0, 0.1) is 17.5 Å². The molecular formula is C50H47F3N6O6. The number of nitrogens with one attached hydrogen (secondary N) is 3. The van der Waals surface area contributed by atoms with Crippen LogP contribution in [0.5, 0.6) is 23.1 Å². The number of ether oxygens (including phenoxy) is 5. The third kappa shape index (κ3) is 11.3. The maximum Gasteiger partial charge on any atom is 0.230 e. The summed E-state index contributed by atoms with van der Waals surface area (Å²) in [5, 5.41) is 6.78. The predicted molar refractivity (Wildman–Crippen MR) is 248 cm³/mol. The number of aromatic nitrogens is 4. The molecule has 8 rings (SSSR count). The SMILES string of the molecule is C=C1NC=C(c2ccc(F)cc2)C(=C)C1=C.CC.COCCOc1cc2ncnc(Oc3ccc(Nc4nccc5[nH]cc(-c6ccc(F)cc6)c(=O)c45)cc3F)c2cc1OCCOC. The van der Waals surface area contributed by atoms with Crippen LogP contribution < -0.4 is 30.3 Å². The molecule has 0 amide bonds. The van der Waals surface area contributed by atoms with Gasteiger partial charge in [0.1, 0.15) is 37.0 Å². The van der Waals surface area contributed by atoms with E-state index in [2.05, 4.69) is 50.3 Å². The highest BCUT2D eigenvalue weighted by Gasteiger charge is 2.18. The first-order valence-electron chi connectivity index (χ1n) is 20.4. The Morgan fingerprint density at radius 2 is 1.35 bits per heavy atom. The van der Waals surface area contributed by atoms with E-state index in [0.717, 1.165) is 28.0 Å². The number of anilines is 2. The molecule has 1 aliphatic rings. The van der Waals surface area contributed by atoms with Crippen molar-refractivity contribution >= 4 is 38.9 Å². The molecule has 0 spiro atoms. The van der Waals surface area contributed by atoms with Gasteiger partial charge in [-0.3, -0.25) is 4.79 Å². The van der Waals surface area contributed by atoms with Crippen molar-refractivity contribution in [3.63, 3.8) is 0 Å². The first-order valence-corrected chi connectivity index (χ1v) is 20.4. The molecule has 0 saturated carbocycles. The first kappa shape index (κ1) is 46.7. The van der Waals surface area contributed by atoms with Crippen LogP contribution in [0.15, 0.2) is 151 Å². The van der Waals surface area contributed by atoms with E-state index >= 15 is 4.39 Å². The van der Waals surface area contributed by atoms with E-state index in [0.29, 0.717) is 64.6 Å². The quantitative estimate of drug-likeness (QED) is 0.0899. The van der Waals surface area contributed by atoms with Crippen LogP contribution in [-0.2, 0) is 9.47 Å². The summed E-state index contributed by atoms with van der Waals surface area (Å²) in [7, 11) is 3.14. The van der Waals surface area contributed by atoms with E-state index in [1.807, 2.05) is 20.0 Å². The molecule has 4 heterocycles.